The summed E-state index contributed by atoms with van der Waals surface area (Å²) in [7, 11) is -2.53. The Kier molecular flexibility index (Phi) is 6.08. The molecule has 0 saturated heterocycles. The molecule has 4 rings (SSSR count). The zero-order chi connectivity index (χ0) is 24.0. The minimum Gasteiger partial charge on any atom is -0.0776 e. The Bertz CT molecular complexity index is 1060. The monoisotopic (exact) mass is 452 g/mol. The first-order valence-corrected chi connectivity index (χ1v) is 14.4. The van der Waals surface area contributed by atoms with Crippen LogP contribution in [0.25, 0.3) is 0 Å². The van der Waals surface area contributed by atoms with Gasteiger partial charge in [0.25, 0.3) is 0 Å². The quantitative estimate of drug-likeness (QED) is 0.417. The zero-order valence-corrected chi connectivity index (χ0v) is 22.8. The normalized spacial score (nSPS) is 17.6. The number of benzene rings is 2. The van der Waals surface area contributed by atoms with Crippen molar-refractivity contribution in [1.82, 2.24) is 0 Å². The predicted octanol–water partition coefficient (Wildman–Crippen LogP) is 7.71. The lowest BCUT2D eigenvalue weighted by Crippen LogP contribution is -2.63. The van der Waals surface area contributed by atoms with E-state index in [1.807, 2.05) is 0 Å². The van der Waals surface area contributed by atoms with Crippen LogP contribution in [0.3, 0.4) is 0 Å². The molecule has 0 fully saturated rings. The molecule has 0 heterocycles. The second-order valence-electron chi connectivity index (χ2n) is 11.9. The molecule has 2 aromatic carbocycles. The molecule has 172 valence electrons. The minimum atomic E-state index is -2.53. The van der Waals surface area contributed by atoms with Gasteiger partial charge in [0, 0.05) is 0 Å². The molecule has 2 aliphatic carbocycles. The van der Waals surface area contributed by atoms with Gasteiger partial charge in [-0.2, -0.15) is 0 Å². The highest BCUT2D eigenvalue weighted by atomic mass is 28.3. The SMILES string of the molecule is CC1=CCC(C(C)(C)C)=C1[Si](C1=C(C(C)(C)C)CC=C1C)(c1ccccc1)c1ccccc1. The summed E-state index contributed by atoms with van der Waals surface area (Å²) in [6.07, 6.45) is 7.13. The fourth-order valence-electron chi connectivity index (χ4n) is 6.05. The smallest absolute Gasteiger partial charge is 0.0776 e. The second kappa shape index (κ2) is 8.44. The molecule has 2 aromatic rings. The van der Waals surface area contributed by atoms with Gasteiger partial charge >= 0.3 is 0 Å². The van der Waals surface area contributed by atoms with Gasteiger partial charge in [-0.3, -0.25) is 0 Å². The molecule has 0 radical (unpaired) electrons. The van der Waals surface area contributed by atoms with Crippen molar-refractivity contribution < 1.29 is 0 Å². The summed E-state index contributed by atoms with van der Waals surface area (Å²) in [6.45, 7) is 19.2. The van der Waals surface area contributed by atoms with Crippen LogP contribution < -0.4 is 10.4 Å². The van der Waals surface area contributed by atoms with Gasteiger partial charge in [-0.15, -0.1) is 0 Å². The third kappa shape index (κ3) is 3.95. The van der Waals surface area contributed by atoms with Gasteiger partial charge in [0.15, 0.2) is 8.07 Å². The summed E-state index contributed by atoms with van der Waals surface area (Å²) >= 11 is 0. The molecular formula is C32H40Si. The molecular weight excluding hydrogens is 412 g/mol. The molecule has 0 N–H and O–H groups in total. The van der Waals surface area contributed by atoms with Crippen LogP contribution in [0.1, 0.15) is 68.2 Å². The molecule has 0 atom stereocenters. The molecule has 0 nitrogen and oxygen atoms in total. The summed E-state index contributed by atoms with van der Waals surface area (Å²) < 4.78 is 0. The topological polar surface area (TPSA) is 0 Å². The number of allylic oxidation sites excluding steroid dienone is 8. The maximum absolute atomic E-state index is 2.53. The highest BCUT2D eigenvalue weighted by molar-refractivity contribution is 7.13. The van der Waals surface area contributed by atoms with Crippen LogP contribution in [0.2, 0.25) is 0 Å². The molecule has 1 heteroatoms. The molecule has 0 saturated carbocycles. The lowest BCUT2D eigenvalue weighted by atomic mass is 9.85. The molecule has 0 unspecified atom stereocenters. The number of hydrogen-bond acceptors (Lipinski definition) is 0. The minimum absolute atomic E-state index is 0.129. The Hall–Kier alpha value is -2.38. The van der Waals surface area contributed by atoms with Crippen LogP contribution >= 0.6 is 0 Å². The Morgan fingerprint density at radius 3 is 1.18 bits per heavy atom. The van der Waals surface area contributed by atoms with Crippen LogP contribution in [-0.4, -0.2) is 8.07 Å². The largest absolute Gasteiger partial charge is 0.180 e. The van der Waals surface area contributed by atoms with Gasteiger partial charge in [0.05, 0.1) is 0 Å². The average Bonchev–Trinajstić information content (AvgIpc) is 3.34. The standard InChI is InChI=1S/C32H40Si/c1-23-19-21-27(31(3,4)5)29(23)33(25-15-11-9-12-16-25,26-17-13-10-14-18-26)30-24(2)20-22-28(30)32(6,7)8/h9-20H,21-22H2,1-8H3. The second-order valence-corrected chi connectivity index (χ2v) is 15.5. The summed E-state index contributed by atoms with van der Waals surface area (Å²) in [4.78, 5) is 0. The van der Waals surface area contributed by atoms with E-state index in [0.29, 0.717) is 0 Å². The van der Waals surface area contributed by atoms with Gasteiger partial charge in [-0.05, 0) is 58.3 Å². The van der Waals surface area contributed by atoms with Crippen molar-refractivity contribution >= 4 is 18.4 Å². The maximum atomic E-state index is 2.49. The summed E-state index contributed by atoms with van der Waals surface area (Å²) in [5, 5.41) is 6.32. The third-order valence-electron chi connectivity index (χ3n) is 7.59. The Labute approximate surface area is 202 Å². The molecule has 0 aliphatic heterocycles. The molecule has 0 spiro atoms. The van der Waals surface area contributed by atoms with Crippen molar-refractivity contribution in [2.24, 2.45) is 10.8 Å². The Morgan fingerprint density at radius 2 is 0.879 bits per heavy atom. The van der Waals surface area contributed by atoms with Crippen molar-refractivity contribution in [1.29, 1.82) is 0 Å². The first-order valence-electron chi connectivity index (χ1n) is 12.4. The van der Waals surface area contributed by atoms with Crippen molar-refractivity contribution in [2.45, 2.75) is 68.2 Å². The summed E-state index contributed by atoms with van der Waals surface area (Å²) in [5.74, 6) is 0. The van der Waals surface area contributed by atoms with E-state index < -0.39 is 8.07 Å². The lowest BCUT2D eigenvalue weighted by molar-refractivity contribution is 0.493. The highest BCUT2D eigenvalue weighted by Gasteiger charge is 2.51. The fraction of sp³-hybridized carbons (Fsp3) is 0.375. The van der Waals surface area contributed by atoms with E-state index in [2.05, 4.69) is 128 Å². The van der Waals surface area contributed by atoms with E-state index in [1.165, 1.54) is 21.5 Å². The third-order valence-corrected chi connectivity index (χ3v) is 12.9. The summed E-state index contributed by atoms with van der Waals surface area (Å²) in [5.41, 5.74) is 6.48. The van der Waals surface area contributed by atoms with E-state index in [4.69, 9.17) is 0 Å². The molecule has 0 aromatic heterocycles. The molecule has 33 heavy (non-hydrogen) atoms. The molecule has 0 bridgehead atoms. The molecule has 2 aliphatic rings. The van der Waals surface area contributed by atoms with Gasteiger partial charge in [-0.25, -0.2) is 0 Å². The molecule has 0 amide bonds. The average molecular weight is 453 g/mol. The predicted molar refractivity (Wildman–Crippen MR) is 148 cm³/mol. The van der Waals surface area contributed by atoms with Crippen molar-refractivity contribution in [3.63, 3.8) is 0 Å². The lowest BCUT2D eigenvalue weighted by Gasteiger charge is -2.42. The first kappa shape index (κ1) is 23.8. The highest BCUT2D eigenvalue weighted by Crippen LogP contribution is 2.49. The van der Waals surface area contributed by atoms with Gasteiger partial charge in [0.2, 0.25) is 0 Å². The Morgan fingerprint density at radius 1 is 0.545 bits per heavy atom. The van der Waals surface area contributed by atoms with Crippen LogP contribution in [0.5, 0.6) is 0 Å². The van der Waals surface area contributed by atoms with Crippen molar-refractivity contribution in [2.75, 3.05) is 0 Å². The van der Waals surface area contributed by atoms with E-state index in [1.54, 1.807) is 21.5 Å². The fourth-order valence-corrected chi connectivity index (χ4v) is 12.4. The van der Waals surface area contributed by atoms with Crippen LogP contribution in [0, 0.1) is 10.8 Å². The van der Waals surface area contributed by atoms with Gasteiger partial charge in [0.1, 0.15) is 0 Å². The number of rotatable bonds is 4. The first-order chi connectivity index (χ1) is 15.5. The van der Waals surface area contributed by atoms with E-state index in [9.17, 15) is 0 Å². The summed E-state index contributed by atoms with van der Waals surface area (Å²) in [6, 6.07) is 23.0. The van der Waals surface area contributed by atoms with E-state index >= 15 is 0 Å². The van der Waals surface area contributed by atoms with E-state index in [0.717, 1.165) is 12.8 Å². The van der Waals surface area contributed by atoms with Crippen LogP contribution in [-0.2, 0) is 0 Å². The zero-order valence-electron chi connectivity index (χ0n) is 21.8. The van der Waals surface area contributed by atoms with E-state index in [-0.39, 0.29) is 10.8 Å². The Balaban J connectivity index is 2.28. The maximum Gasteiger partial charge on any atom is 0.180 e. The van der Waals surface area contributed by atoms with Crippen LogP contribution in [0.4, 0.5) is 0 Å². The van der Waals surface area contributed by atoms with Gasteiger partial charge < -0.3 is 0 Å². The van der Waals surface area contributed by atoms with Gasteiger partial charge in [-0.1, -0.05) is 137 Å². The number of hydrogen-bond donors (Lipinski definition) is 0. The van der Waals surface area contributed by atoms with Crippen molar-refractivity contribution in [3.05, 3.63) is 106 Å². The van der Waals surface area contributed by atoms with Crippen molar-refractivity contribution in [3.8, 4) is 0 Å². The van der Waals surface area contributed by atoms with Crippen LogP contribution in [0.15, 0.2) is 106 Å².